The molecule has 124 valence electrons. The van der Waals surface area contributed by atoms with Crippen molar-refractivity contribution >= 4 is 0 Å². The standard InChI is InChI=1S/C21H40/c1-9-17-11-14(3)19-18(20(19)15(4)12-17)13(2)10-16(5)21(6,7)8/h13-20H,9-12H2,1-8H3. The predicted molar refractivity (Wildman–Crippen MR) is 94.2 cm³/mol. The lowest BCUT2D eigenvalue weighted by Gasteiger charge is -2.30. The number of hydrogen-bond donors (Lipinski definition) is 0. The van der Waals surface area contributed by atoms with Crippen molar-refractivity contribution in [2.75, 3.05) is 0 Å². The maximum atomic E-state index is 2.55. The molecule has 0 nitrogen and oxygen atoms in total. The monoisotopic (exact) mass is 292 g/mol. The lowest BCUT2D eigenvalue weighted by molar-refractivity contribution is 0.196. The molecule has 0 saturated heterocycles. The molecule has 0 aliphatic heterocycles. The summed E-state index contributed by atoms with van der Waals surface area (Å²) < 4.78 is 0. The minimum absolute atomic E-state index is 0.468. The molecule has 0 amide bonds. The van der Waals surface area contributed by atoms with Gasteiger partial charge in [-0.3, -0.25) is 0 Å². The minimum atomic E-state index is 0.468. The first-order valence-electron chi connectivity index (χ1n) is 9.66. The third-order valence-electron chi connectivity index (χ3n) is 7.35. The maximum Gasteiger partial charge on any atom is -0.0321 e. The molecular weight excluding hydrogens is 252 g/mol. The summed E-state index contributed by atoms with van der Waals surface area (Å²) in [6.07, 6.45) is 5.83. The third-order valence-corrected chi connectivity index (χ3v) is 7.35. The van der Waals surface area contributed by atoms with Crippen LogP contribution in [0.15, 0.2) is 0 Å². The molecule has 0 radical (unpaired) electrons. The zero-order valence-corrected chi connectivity index (χ0v) is 15.9. The second-order valence-electron chi connectivity index (χ2n) is 9.91. The van der Waals surface area contributed by atoms with Crippen molar-refractivity contribution in [3.63, 3.8) is 0 Å². The number of hydrogen-bond acceptors (Lipinski definition) is 0. The minimum Gasteiger partial charge on any atom is -0.0651 e. The molecule has 2 saturated carbocycles. The van der Waals surface area contributed by atoms with E-state index in [0.717, 1.165) is 47.3 Å². The normalized spacial score (nSPS) is 42.9. The summed E-state index contributed by atoms with van der Waals surface area (Å²) in [6, 6.07) is 0. The summed E-state index contributed by atoms with van der Waals surface area (Å²) >= 11 is 0. The predicted octanol–water partition coefficient (Wildman–Crippen LogP) is 6.65. The van der Waals surface area contributed by atoms with Crippen molar-refractivity contribution < 1.29 is 0 Å². The topological polar surface area (TPSA) is 0 Å². The van der Waals surface area contributed by atoms with Gasteiger partial charge in [-0.15, -0.1) is 0 Å². The van der Waals surface area contributed by atoms with Gasteiger partial charge in [0.1, 0.15) is 0 Å². The van der Waals surface area contributed by atoms with E-state index in [1.54, 1.807) is 0 Å². The number of rotatable bonds is 4. The summed E-state index contributed by atoms with van der Waals surface area (Å²) in [5.74, 6) is 7.87. The maximum absolute atomic E-state index is 2.55. The smallest absolute Gasteiger partial charge is 0.0321 e. The van der Waals surface area contributed by atoms with Gasteiger partial charge in [0.05, 0.1) is 0 Å². The van der Waals surface area contributed by atoms with Crippen LogP contribution in [-0.2, 0) is 0 Å². The van der Waals surface area contributed by atoms with Gasteiger partial charge in [-0.25, -0.2) is 0 Å². The highest BCUT2D eigenvalue weighted by molar-refractivity contribution is 5.06. The molecule has 0 heteroatoms. The first-order valence-corrected chi connectivity index (χ1v) is 9.66. The van der Waals surface area contributed by atoms with E-state index in [-0.39, 0.29) is 0 Å². The molecule has 21 heavy (non-hydrogen) atoms. The van der Waals surface area contributed by atoms with Gasteiger partial charge in [0.2, 0.25) is 0 Å². The molecule has 0 heterocycles. The van der Waals surface area contributed by atoms with E-state index in [4.69, 9.17) is 0 Å². The quantitative estimate of drug-likeness (QED) is 0.544. The highest BCUT2D eigenvalue weighted by Crippen LogP contribution is 2.63. The van der Waals surface area contributed by atoms with Crippen molar-refractivity contribution in [2.24, 2.45) is 52.8 Å². The molecule has 0 aromatic carbocycles. The molecule has 6 unspecified atom stereocenters. The molecule has 2 aliphatic rings. The van der Waals surface area contributed by atoms with Crippen LogP contribution in [0.2, 0.25) is 0 Å². The van der Waals surface area contributed by atoms with Crippen LogP contribution in [0.3, 0.4) is 0 Å². The van der Waals surface area contributed by atoms with Crippen molar-refractivity contribution in [1.82, 2.24) is 0 Å². The Morgan fingerprint density at radius 1 is 0.952 bits per heavy atom. The Labute approximate surface area is 134 Å². The van der Waals surface area contributed by atoms with Crippen LogP contribution in [0, 0.1) is 52.8 Å². The van der Waals surface area contributed by atoms with Crippen molar-refractivity contribution in [3.8, 4) is 0 Å². The Morgan fingerprint density at radius 3 is 1.81 bits per heavy atom. The first-order chi connectivity index (χ1) is 9.66. The van der Waals surface area contributed by atoms with E-state index >= 15 is 0 Å². The lowest BCUT2D eigenvalue weighted by atomic mass is 9.75. The van der Waals surface area contributed by atoms with Crippen LogP contribution in [0.25, 0.3) is 0 Å². The number of fused-ring (bicyclic) bond motifs is 1. The van der Waals surface area contributed by atoms with Gasteiger partial charge in [0, 0.05) is 0 Å². The SMILES string of the molecule is CCC1CC(C)C2C(C(C)C1)C2C(C)CC(C)C(C)(C)C. The van der Waals surface area contributed by atoms with E-state index in [1.807, 2.05) is 0 Å². The molecule has 0 N–H and O–H groups in total. The van der Waals surface area contributed by atoms with E-state index in [0.29, 0.717) is 5.41 Å². The second kappa shape index (κ2) is 6.25. The van der Waals surface area contributed by atoms with Crippen LogP contribution in [-0.4, -0.2) is 0 Å². The molecule has 2 rings (SSSR count). The fourth-order valence-corrected chi connectivity index (χ4v) is 5.52. The van der Waals surface area contributed by atoms with Crippen molar-refractivity contribution in [3.05, 3.63) is 0 Å². The van der Waals surface area contributed by atoms with Crippen LogP contribution in [0.1, 0.15) is 81.1 Å². The average Bonchev–Trinajstić information content (AvgIpc) is 3.11. The zero-order valence-electron chi connectivity index (χ0n) is 15.9. The Morgan fingerprint density at radius 2 is 1.43 bits per heavy atom. The van der Waals surface area contributed by atoms with Gasteiger partial charge in [0.15, 0.2) is 0 Å². The molecule has 0 bridgehead atoms. The Hall–Kier alpha value is 0. The molecule has 0 aromatic heterocycles. The Bertz CT molecular complexity index is 318. The molecule has 6 atom stereocenters. The van der Waals surface area contributed by atoms with Gasteiger partial charge in [-0.2, -0.15) is 0 Å². The van der Waals surface area contributed by atoms with Gasteiger partial charge in [-0.1, -0.05) is 61.8 Å². The largest absolute Gasteiger partial charge is 0.0651 e. The summed E-state index contributed by atoms with van der Waals surface area (Å²) in [5.41, 5.74) is 0.468. The van der Waals surface area contributed by atoms with Crippen LogP contribution >= 0.6 is 0 Å². The van der Waals surface area contributed by atoms with E-state index in [2.05, 4.69) is 55.4 Å². The van der Waals surface area contributed by atoms with Crippen molar-refractivity contribution in [1.29, 1.82) is 0 Å². The Balaban J connectivity index is 1.98. The highest BCUT2D eigenvalue weighted by Gasteiger charge is 2.58. The summed E-state index contributed by atoms with van der Waals surface area (Å²) in [6.45, 7) is 19.8. The molecule has 0 aromatic rings. The van der Waals surface area contributed by atoms with Crippen LogP contribution in [0.4, 0.5) is 0 Å². The van der Waals surface area contributed by atoms with E-state index in [1.165, 1.54) is 25.7 Å². The van der Waals surface area contributed by atoms with Crippen molar-refractivity contribution in [2.45, 2.75) is 81.1 Å². The molecule has 2 fully saturated rings. The highest BCUT2D eigenvalue weighted by atomic mass is 14.6. The van der Waals surface area contributed by atoms with Crippen LogP contribution < -0.4 is 0 Å². The molecule has 0 spiro atoms. The zero-order chi connectivity index (χ0) is 15.9. The van der Waals surface area contributed by atoms with Crippen LogP contribution in [0.5, 0.6) is 0 Å². The average molecular weight is 293 g/mol. The fraction of sp³-hybridized carbons (Fsp3) is 1.00. The summed E-state index contributed by atoms with van der Waals surface area (Å²) in [7, 11) is 0. The Kier molecular flexibility index (Phi) is 5.16. The second-order valence-corrected chi connectivity index (χ2v) is 9.91. The fourth-order valence-electron chi connectivity index (χ4n) is 5.52. The van der Waals surface area contributed by atoms with Gasteiger partial charge in [0.25, 0.3) is 0 Å². The summed E-state index contributed by atoms with van der Waals surface area (Å²) in [5, 5.41) is 0. The van der Waals surface area contributed by atoms with Gasteiger partial charge < -0.3 is 0 Å². The van der Waals surface area contributed by atoms with Gasteiger partial charge in [-0.05, 0) is 72.0 Å². The molecule has 2 aliphatic carbocycles. The summed E-state index contributed by atoms with van der Waals surface area (Å²) in [4.78, 5) is 0. The first kappa shape index (κ1) is 17.4. The lowest BCUT2D eigenvalue weighted by Crippen LogP contribution is -2.21. The van der Waals surface area contributed by atoms with Gasteiger partial charge >= 0.3 is 0 Å². The van der Waals surface area contributed by atoms with E-state index in [9.17, 15) is 0 Å². The third kappa shape index (κ3) is 3.67. The molecular formula is C21H40. The van der Waals surface area contributed by atoms with E-state index < -0.39 is 0 Å².